The Labute approximate surface area is 693 Å². The van der Waals surface area contributed by atoms with Gasteiger partial charge in [0.15, 0.2) is 6.29 Å². The maximum atomic E-state index is 12.8. The predicted octanol–water partition coefficient (Wildman–Crippen LogP) is 15.6. The van der Waals surface area contributed by atoms with Crippen LogP contribution in [0.3, 0.4) is 0 Å². The van der Waals surface area contributed by atoms with Gasteiger partial charge in [0.1, 0.15) is 74.9 Å². The Bertz CT molecular complexity index is 5210. The fraction of sp³-hybridized carbons (Fsp3) is 0.301. The first-order valence-electron chi connectivity index (χ1n) is 38.2. The Morgan fingerprint density at radius 1 is 0.500 bits per heavy atom. The number of methoxy groups -OCH3 is 2. The Hall–Kier alpha value is -10.9. The zero-order chi connectivity index (χ0) is 81.7. The second kappa shape index (κ2) is 46.6. The summed E-state index contributed by atoms with van der Waals surface area (Å²) in [6, 6.07) is 38.0. The van der Waals surface area contributed by atoms with Crippen LogP contribution in [0.2, 0.25) is 13.3 Å². The molecule has 0 amide bonds. The van der Waals surface area contributed by atoms with Gasteiger partial charge in [-0.2, -0.15) is 13.2 Å². The van der Waals surface area contributed by atoms with E-state index >= 15 is 0 Å². The summed E-state index contributed by atoms with van der Waals surface area (Å²) in [5.74, 6) is 2.07. The maximum absolute atomic E-state index is 12.8. The summed E-state index contributed by atoms with van der Waals surface area (Å²) in [7, 11) is 3.53. The van der Waals surface area contributed by atoms with Crippen LogP contribution in [0.15, 0.2) is 224 Å². The van der Waals surface area contributed by atoms with Gasteiger partial charge in [-0.05, 0) is 123 Å². The van der Waals surface area contributed by atoms with Crippen LogP contribution < -0.4 is 35.6 Å². The molecule has 0 aromatic carbocycles. The SMILES string of the molecule is CCC[CH2][Sn]([CH2]CCC)([CH2]CCC)[c]1cnc2ccccn12.CO[C@@H]1CCN(c2ccc(CNc3cc(-c4cnc5ccccn45)ncn3)cn2)C1.CO[C@@H]1CCNC1.Fc1ccc(CNc2cc(-c3cnc4ccccn34)ncn2)cn1.Fc1ccc(CNc2cc(Br)ncn2)cn1.Nc1cc(Br)ncn1.O=Cc1ccc(F)nc1. The molecule has 0 unspecified atom stereocenters. The summed E-state index contributed by atoms with van der Waals surface area (Å²) < 4.78 is 61.9. The smallest absolute Gasteiger partial charge is 0.212 e. The third-order valence-electron chi connectivity index (χ3n) is 18.8. The topological polar surface area (TPSA) is 319 Å². The van der Waals surface area contributed by atoms with Crippen LogP contribution in [0.5, 0.6) is 0 Å². The molecule has 116 heavy (non-hydrogen) atoms. The molecule has 0 spiro atoms. The van der Waals surface area contributed by atoms with Crippen molar-refractivity contribution in [1.29, 1.82) is 0 Å². The number of nitrogens with zero attached hydrogens (tertiary/aromatic N) is 19. The molecule has 16 rings (SSSR count). The fourth-order valence-electron chi connectivity index (χ4n) is 12.6. The third-order valence-corrected chi connectivity index (χ3v) is 35.1. The number of nitrogen functional groups attached to an aromatic ring is 1. The number of aromatic nitrogens is 18. The van der Waals surface area contributed by atoms with Crippen molar-refractivity contribution in [3.63, 3.8) is 0 Å². The third kappa shape index (κ3) is 27.1. The van der Waals surface area contributed by atoms with E-state index in [0.29, 0.717) is 70.4 Å². The number of hydrogen-bond donors (Lipinski definition) is 5. The molecule has 0 bridgehead atoms. The van der Waals surface area contributed by atoms with Crippen molar-refractivity contribution < 1.29 is 27.4 Å². The van der Waals surface area contributed by atoms with Crippen LogP contribution in [0.4, 0.5) is 42.3 Å². The van der Waals surface area contributed by atoms with Gasteiger partial charge in [-0.3, -0.25) is 13.6 Å². The number of rotatable bonds is 25. The first kappa shape index (κ1) is 87.5. The molecule has 16 heterocycles. The van der Waals surface area contributed by atoms with Crippen LogP contribution in [0.25, 0.3) is 39.7 Å². The molecular weight excluding hydrogens is 1720 g/mol. The van der Waals surface area contributed by atoms with Gasteiger partial charge in [-0.25, -0.2) is 69.8 Å². The van der Waals surface area contributed by atoms with Crippen molar-refractivity contribution in [3.05, 3.63) is 264 Å². The van der Waals surface area contributed by atoms with Crippen LogP contribution >= 0.6 is 31.9 Å². The van der Waals surface area contributed by atoms with E-state index in [4.69, 9.17) is 20.2 Å². The Kier molecular flexibility index (Phi) is 35.1. The first-order chi connectivity index (χ1) is 56.6. The molecule has 604 valence electrons. The van der Waals surface area contributed by atoms with Crippen molar-refractivity contribution in [2.45, 2.75) is 117 Å². The number of carbonyl (C=O) groups is 1. The number of unbranched alkanes of at least 4 members (excludes halogenated alkanes) is 3. The second-order valence-corrected chi connectivity index (χ2v) is 41.6. The average Bonchev–Trinajstić information content (AvgIpc) is 1.62. The zero-order valence-corrected chi connectivity index (χ0v) is 71.4. The van der Waals surface area contributed by atoms with Gasteiger partial charge in [0.05, 0.1) is 47.4 Å². The predicted molar refractivity (Wildman–Crippen MR) is 456 cm³/mol. The first-order valence-corrected chi connectivity index (χ1v) is 47.3. The number of hydrogen-bond acceptors (Lipinski definition) is 24. The normalized spacial score (nSPS) is 13.4. The van der Waals surface area contributed by atoms with Crippen molar-refractivity contribution in [1.82, 2.24) is 93.3 Å². The standard InChI is InChI=1S/C22H23N7O.C17H13FN6.C10H8BrFN4.C7H5N2.C6H4FNO.C5H11NO.C4H4BrN3.3C4H9.Sn/c1-30-17-7-9-28(14-17)21-6-5-16(12-24-21)11-23-20-10-18(26-15-27-20)19-13-25-22-4-2-3-8-29(19)22;18-15-5-4-12(8-19-15)9-20-16-7-13(22-11-23-16)14-10-21-17-3-1-2-6-24(14)17;11-8-3-10(16-6-15-8)14-5-7-1-2-9(12)13-4-7;1-2-5-9-6-4-8-7(9)3-1;7-6-2-1-5(4-9)3-8-6;1-7-5-2-3-6-4-5;5-3-1-4(6)8-2-7-3;3*1-3-4-2;/h2-6,8,10,12-13,15,17H,7,9,11,14H2,1H3,(H,23,26,27);1-8,10-11H,9H2,(H,20,22,23);1-4,6H,5H2,(H,14,15,16);1-5H;1-4H;5-6H,2-4H2,1H3;1-2H,(H2,6,7,8);3*1,3-4H2,2H3;/t17-;;;;;5-;;;;;/m1....1...../s1. The quantitative estimate of drug-likeness (QED) is 0.0154. The summed E-state index contributed by atoms with van der Waals surface area (Å²) in [5, 5.41) is 12.8. The molecule has 2 aliphatic heterocycles. The van der Waals surface area contributed by atoms with Gasteiger partial charge in [0.2, 0.25) is 17.8 Å². The van der Waals surface area contributed by atoms with E-state index in [1.165, 1.54) is 114 Å². The molecule has 0 aliphatic carbocycles. The monoisotopic (exact) mass is 1810 g/mol. The van der Waals surface area contributed by atoms with Crippen LogP contribution in [-0.2, 0) is 29.1 Å². The Balaban J connectivity index is 0.000000151. The van der Waals surface area contributed by atoms with Crippen molar-refractivity contribution >= 4 is 106 Å². The molecule has 2 saturated heterocycles. The van der Waals surface area contributed by atoms with E-state index in [0.717, 1.165) is 107 Å². The molecule has 27 nitrogen and oxygen atoms in total. The van der Waals surface area contributed by atoms with E-state index in [9.17, 15) is 18.0 Å². The molecule has 2 fully saturated rings. The van der Waals surface area contributed by atoms with Crippen LogP contribution in [-0.4, -0.2) is 165 Å². The van der Waals surface area contributed by atoms with E-state index in [-0.39, 0.29) is 0 Å². The minimum Gasteiger partial charge on any atom is -0.384 e. The van der Waals surface area contributed by atoms with Gasteiger partial charge in [-0.15, -0.1) is 0 Å². The minimum absolute atomic E-state index is 0.299. The summed E-state index contributed by atoms with van der Waals surface area (Å²) >= 11 is 4.03. The molecule has 2 aliphatic rings. The summed E-state index contributed by atoms with van der Waals surface area (Å²) in [5.41, 5.74) is 14.8. The van der Waals surface area contributed by atoms with Gasteiger partial charge < -0.3 is 41.4 Å². The fourth-order valence-corrected chi connectivity index (χ4v) is 29.3. The van der Waals surface area contributed by atoms with Crippen molar-refractivity contribution in [2.24, 2.45) is 0 Å². The summed E-state index contributed by atoms with van der Waals surface area (Å²) in [6.07, 6.45) is 35.9. The van der Waals surface area contributed by atoms with E-state index < -0.39 is 36.2 Å². The number of ether oxygens (including phenoxy) is 2. The zero-order valence-electron chi connectivity index (χ0n) is 65.4. The summed E-state index contributed by atoms with van der Waals surface area (Å²) in [4.78, 5) is 73.5. The molecule has 2 atom stereocenters. The van der Waals surface area contributed by atoms with Gasteiger partial charge in [-0.1, -0.05) is 30.3 Å². The summed E-state index contributed by atoms with van der Waals surface area (Å²) in [6.45, 7) is 12.7. The number of pyridine rings is 7. The molecule has 6 N–H and O–H groups in total. The molecule has 33 heteroatoms. The van der Waals surface area contributed by atoms with Crippen LogP contribution in [0.1, 0.15) is 99.2 Å². The number of carbonyl (C=O) groups excluding carboxylic acids is 1. The number of fused-ring (bicyclic) bond motifs is 3. The van der Waals surface area contributed by atoms with Crippen molar-refractivity contribution in [3.8, 4) is 22.8 Å². The second-order valence-electron chi connectivity index (χ2n) is 26.9. The van der Waals surface area contributed by atoms with E-state index in [2.05, 4.69) is 196 Å². The van der Waals surface area contributed by atoms with Gasteiger partial charge in [0.25, 0.3) is 0 Å². The Morgan fingerprint density at radius 3 is 1.38 bits per heavy atom. The Morgan fingerprint density at radius 2 is 0.966 bits per heavy atom. The minimum atomic E-state index is -2.34. The number of aldehydes is 1. The molecule has 0 saturated carbocycles. The maximum Gasteiger partial charge on any atom is 0.212 e. The number of nitrogens with two attached hydrogens (primary N) is 1. The van der Waals surface area contributed by atoms with E-state index in [1.54, 1.807) is 54.7 Å². The van der Waals surface area contributed by atoms with E-state index in [1.807, 2.05) is 82.1 Å². The van der Waals surface area contributed by atoms with Crippen molar-refractivity contribution in [2.75, 3.05) is 67.0 Å². The molecular formula is C83H95Br2F3N24O3Sn. The molecule has 0 radical (unpaired) electrons. The number of imidazole rings is 3. The number of halogens is 5. The largest absolute Gasteiger partial charge is 0.384 e. The van der Waals surface area contributed by atoms with Gasteiger partial charge >= 0.3 is 140 Å². The number of nitrogens with one attached hydrogen (secondary N) is 4. The molecule has 14 aromatic heterocycles. The number of anilines is 5. The van der Waals surface area contributed by atoms with Gasteiger partial charge in [0, 0.05) is 120 Å². The van der Waals surface area contributed by atoms with Crippen LogP contribution in [0, 0.1) is 17.8 Å². The molecule has 14 aromatic rings. The average molecular weight is 1810 g/mol.